The van der Waals surface area contributed by atoms with Gasteiger partial charge in [-0.15, -0.1) is 0 Å². The number of thioether (sulfide) groups is 1. The molecule has 1 unspecified atom stereocenters. The number of urea groups is 1. The summed E-state index contributed by atoms with van der Waals surface area (Å²) in [5, 5.41) is 3.30. The Morgan fingerprint density at radius 2 is 2.00 bits per heavy atom. The first-order chi connectivity index (χ1) is 11.0. The van der Waals surface area contributed by atoms with E-state index in [1.807, 2.05) is 0 Å². The van der Waals surface area contributed by atoms with Gasteiger partial charge in [-0.05, 0) is 30.7 Å². The number of nitrogens with zero attached hydrogens (tertiary/aromatic N) is 2. The van der Waals surface area contributed by atoms with Crippen molar-refractivity contribution in [1.82, 2.24) is 10.2 Å². The van der Waals surface area contributed by atoms with Crippen LogP contribution in [0.4, 0.5) is 10.5 Å². The number of carbonyl (C=O) groups excluding carboxylic acids is 3. The minimum absolute atomic E-state index is 0.00566. The zero-order chi connectivity index (χ0) is 16.4. The molecule has 0 bridgehead atoms. The molecule has 3 rings (SSSR count). The molecule has 2 saturated heterocycles. The zero-order valence-corrected chi connectivity index (χ0v) is 13.9. The van der Waals surface area contributed by atoms with E-state index in [-0.39, 0.29) is 23.6 Å². The third-order valence-electron chi connectivity index (χ3n) is 3.84. The molecule has 2 aliphatic heterocycles. The molecule has 3 amide bonds. The SMILES string of the molecule is O=C(CN1CCN(c2ccc(Cl)cc2)C1=O)NC1CCSC1=O. The number of nitrogens with one attached hydrogen (secondary N) is 1. The van der Waals surface area contributed by atoms with Gasteiger partial charge in [0.15, 0.2) is 0 Å². The zero-order valence-electron chi connectivity index (χ0n) is 12.3. The average molecular weight is 354 g/mol. The molecule has 0 aromatic heterocycles. The van der Waals surface area contributed by atoms with E-state index in [2.05, 4.69) is 5.32 Å². The number of rotatable bonds is 4. The lowest BCUT2D eigenvalue weighted by molar-refractivity contribution is -0.124. The first kappa shape index (κ1) is 16.1. The predicted octanol–water partition coefficient (Wildman–Crippen LogP) is 1.73. The molecule has 1 aromatic carbocycles. The van der Waals surface area contributed by atoms with Crippen LogP contribution in [0.25, 0.3) is 0 Å². The van der Waals surface area contributed by atoms with Gasteiger partial charge in [-0.2, -0.15) is 0 Å². The number of carbonyl (C=O) groups is 3. The Morgan fingerprint density at radius 1 is 1.26 bits per heavy atom. The number of anilines is 1. The van der Waals surface area contributed by atoms with Crippen molar-refractivity contribution in [2.24, 2.45) is 0 Å². The Balaban J connectivity index is 1.57. The van der Waals surface area contributed by atoms with Crippen LogP contribution in [0.3, 0.4) is 0 Å². The van der Waals surface area contributed by atoms with E-state index in [4.69, 9.17) is 11.6 Å². The second-order valence-corrected chi connectivity index (χ2v) is 6.94. The van der Waals surface area contributed by atoms with Gasteiger partial charge >= 0.3 is 6.03 Å². The van der Waals surface area contributed by atoms with Crippen molar-refractivity contribution in [1.29, 1.82) is 0 Å². The summed E-state index contributed by atoms with van der Waals surface area (Å²) < 4.78 is 0. The second kappa shape index (κ2) is 6.80. The van der Waals surface area contributed by atoms with Crippen LogP contribution in [0.1, 0.15) is 6.42 Å². The van der Waals surface area contributed by atoms with Crippen LogP contribution in [0.2, 0.25) is 5.02 Å². The van der Waals surface area contributed by atoms with Crippen LogP contribution < -0.4 is 10.2 Å². The third kappa shape index (κ3) is 3.61. The molecule has 2 aliphatic rings. The topological polar surface area (TPSA) is 69.7 Å². The fraction of sp³-hybridized carbons (Fsp3) is 0.400. The molecule has 1 aromatic rings. The molecule has 0 aliphatic carbocycles. The largest absolute Gasteiger partial charge is 0.344 e. The molecular formula is C15H16ClN3O3S. The molecule has 0 saturated carbocycles. The molecule has 1 atom stereocenters. The summed E-state index contributed by atoms with van der Waals surface area (Å²) in [6, 6.07) is 6.37. The van der Waals surface area contributed by atoms with E-state index in [9.17, 15) is 14.4 Å². The lowest BCUT2D eigenvalue weighted by atomic mass is 10.2. The fourth-order valence-corrected chi connectivity index (χ4v) is 3.69. The first-order valence-corrected chi connectivity index (χ1v) is 8.69. The first-order valence-electron chi connectivity index (χ1n) is 7.32. The van der Waals surface area contributed by atoms with Gasteiger partial charge in [0.1, 0.15) is 6.54 Å². The number of halogens is 1. The van der Waals surface area contributed by atoms with Gasteiger partial charge in [0.25, 0.3) is 0 Å². The Morgan fingerprint density at radius 3 is 2.65 bits per heavy atom. The Labute approximate surface area is 143 Å². The normalized spacial score (nSPS) is 21.2. The molecule has 122 valence electrons. The molecule has 1 N–H and O–H groups in total. The molecule has 2 heterocycles. The highest BCUT2D eigenvalue weighted by molar-refractivity contribution is 8.14. The minimum Gasteiger partial charge on any atom is -0.344 e. The highest BCUT2D eigenvalue weighted by atomic mass is 35.5. The molecule has 8 heteroatoms. The van der Waals surface area contributed by atoms with Crippen molar-refractivity contribution in [3.8, 4) is 0 Å². The summed E-state index contributed by atoms with van der Waals surface area (Å²) >= 11 is 7.09. The van der Waals surface area contributed by atoms with Gasteiger partial charge in [0.05, 0.1) is 6.04 Å². The van der Waals surface area contributed by atoms with Crippen LogP contribution in [-0.4, -0.2) is 53.4 Å². The van der Waals surface area contributed by atoms with Gasteiger partial charge in [0, 0.05) is 29.6 Å². The van der Waals surface area contributed by atoms with E-state index in [0.29, 0.717) is 24.5 Å². The molecule has 23 heavy (non-hydrogen) atoms. The van der Waals surface area contributed by atoms with Crippen molar-refractivity contribution in [2.45, 2.75) is 12.5 Å². The predicted molar refractivity (Wildman–Crippen MR) is 89.8 cm³/mol. The van der Waals surface area contributed by atoms with E-state index >= 15 is 0 Å². The smallest absolute Gasteiger partial charge is 0.325 e. The minimum atomic E-state index is -0.419. The van der Waals surface area contributed by atoms with Gasteiger partial charge < -0.3 is 10.2 Å². The lowest BCUT2D eigenvalue weighted by Gasteiger charge is -2.19. The lowest BCUT2D eigenvalue weighted by Crippen LogP contribution is -2.44. The van der Waals surface area contributed by atoms with Gasteiger partial charge in [-0.1, -0.05) is 23.4 Å². The van der Waals surface area contributed by atoms with Crippen LogP contribution >= 0.6 is 23.4 Å². The monoisotopic (exact) mass is 353 g/mol. The Kier molecular flexibility index (Phi) is 4.77. The van der Waals surface area contributed by atoms with Crippen LogP contribution in [0.15, 0.2) is 24.3 Å². The average Bonchev–Trinajstić information content (AvgIpc) is 3.08. The Hall–Kier alpha value is -1.73. The summed E-state index contributed by atoms with van der Waals surface area (Å²) in [6.45, 7) is 0.964. The summed E-state index contributed by atoms with van der Waals surface area (Å²) in [4.78, 5) is 39.0. The molecule has 6 nitrogen and oxygen atoms in total. The van der Waals surface area contributed by atoms with Crippen LogP contribution in [0.5, 0.6) is 0 Å². The van der Waals surface area contributed by atoms with Crippen molar-refractivity contribution >= 4 is 46.1 Å². The van der Waals surface area contributed by atoms with Crippen LogP contribution in [0, 0.1) is 0 Å². The van der Waals surface area contributed by atoms with E-state index < -0.39 is 6.04 Å². The number of amides is 3. The summed E-state index contributed by atoms with van der Waals surface area (Å²) in [6.07, 6.45) is 0.653. The summed E-state index contributed by atoms with van der Waals surface area (Å²) in [5.74, 6) is 0.439. The van der Waals surface area contributed by atoms with Gasteiger partial charge in [-0.3, -0.25) is 14.5 Å². The quantitative estimate of drug-likeness (QED) is 0.895. The van der Waals surface area contributed by atoms with Gasteiger partial charge in [-0.25, -0.2) is 4.79 Å². The second-order valence-electron chi connectivity index (χ2n) is 5.41. The van der Waals surface area contributed by atoms with Crippen LogP contribution in [-0.2, 0) is 9.59 Å². The summed E-state index contributed by atoms with van der Waals surface area (Å²) in [7, 11) is 0. The van der Waals surface area contributed by atoms with Crippen molar-refractivity contribution < 1.29 is 14.4 Å². The molecule has 0 spiro atoms. The van der Waals surface area contributed by atoms with Crippen molar-refractivity contribution in [3.63, 3.8) is 0 Å². The number of hydrogen-bond acceptors (Lipinski definition) is 4. The number of benzene rings is 1. The maximum atomic E-state index is 12.4. The highest BCUT2D eigenvalue weighted by Gasteiger charge is 2.32. The van der Waals surface area contributed by atoms with Crippen molar-refractivity contribution in [2.75, 3.05) is 30.3 Å². The summed E-state index contributed by atoms with van der Waals surface area (Å²) in [5.41, 5.74) is 0.754. The molecular weight excluding hydrogens is 338 g/mol. The highest BCUT2D eigenvalue weighted by Crippen LogP contribution is 2.22. The maximum Gasteiger partial charge on any atom is 0.325 e. The van der Waals surface area contributed by atoms with Gasteiger partial charge in [0.2, 0.25) is 11.0 Å². The van der Waals surface area contributed by atoms with E-state index in [1.54, 1.807) is 29.2 Å². The Bertz CT molecular complexity index is 637. The standard InChI is InChI=1S/C15H16ClN3O3S/c16-10-1-3-11(4-2-10)19-7-6-18(15(19)22)9-13(20)17-12-5-8-23-14(12)21/h1-4,12H,5-9H2,(H,17,20). The third-order valence-corrected chi connectivity index (χ3v) is 5.10. The van der Waals surface area contributed by atoms with E-state index in [1.165, 1.54) is 16.7 Å². The molecule has 2 fully saturated rings. The number of hydrogen-bond donors (Lipinski definition) is 1. The van der Waals surface area contributed by atoms with E-state index in [0.717, 1.165) is 11.4 Å². The fourth-order valence-electron chi connectivity index (χ4n) is 2.63. The van der Waals surface area contributed by atoms with Crippen molar-refractivity contribution in [3.05, 3.63) is 29.3 Å². The molecule has 0 radical (unpaired) electrons. The maximum absolute atomic E-state index is 12.4.